The van der Waals surface area contributed by atoms with E-state index in [4.69, 9.17) is 4.99 Å². The number of amides is 2. The first-order valence-electron chi connectivity index (χ1n) is 14.2. The summed E-state index contributed by atoms with van der Waals surface area (Å²) >= 11 is 0. The van der Waals surface area contributed by atoms with Crippen molar-refractivity contribution < 1.29 is 9.59 Å². The number of benzene rings is 5. The highest BCUT2D eigenvalue weighted by Gasteiger charge is 2.68. The highest BCUT2D eigenvalue weighted by atomic mass is 16.2. The maximum Gasteiger partial charge on any atom is 0.239 e. The lowest BCUT2D eigenvalue weighted by Gasteiger charge is -2.52. The summed E-state index contributed by atoms with van der Waals surface area (Å²) in [6.45, 7) is 4.13. The first-order chi connectivity index (χ1) is 20.0. The van der Waals surface area contributed by atoms with E-state index in [9.17, 15) is 9.59 Å². The molecule has 9 rings (SSSR count). The van der Waals surface area contributed by atoms with E-state index in [1.54, 1.807) is 0 Å². The molecule has 0 N–H and O–H groups in total. The van der Waals surface area contributed by atoms with Crippen molar-refractivity contribution in [2.24, 2.45) is 16.8 Å². The van der Waals surface area contributed by atoms with Crippen LogP contribution in [-0.4, -0.2) is 18.0 Å². The third kappa shape index (κ3) is 3.13. The van der Waals surface area contributed by atoms with E-state index >= 15 is 0 Å². The Morgan fingerprint density at radius 1 is 0.732 bits per heavy atom. The molecule has 4 nitrogen and oxygen atoms in total. The normalized spacial score (nSPS) is 24.1. The number of carbonyl (C=O) groups excluding carboxylic acids is 2. The van der Waals surface area contributed by atoms with E-state index in [0.717, 1.165) is 44.3 Å². The SMILES string of the molecule is Cc1ccc(N=CC23c4ccccc4C(c4ccccc42)[C@H]2C(=O)N(c4cccc5ccccc45)C(=O)[C@H]23)c(C)c1. The first-order valence-corrected chi connectivity index (χ1v) is 14.2. The molecule has 4 heteroatoms. The summed E-state index contributed by atoms with van der Waals surface area (Å²) in [5, 5.41) is 1.90. The van der Waals surface area contributed by atoms with Crippen LogP contribution >= 0.6 is 0 Å². The van der Waals surface area contributed by atoms with Gasteiger partial charge in [-0.3, -0.25) is 14.6 Å². The Labute approximate surface area is 239 Å². The summed E-state index contributed by atoms with van der Waals surface area (Å²) in [5.74, 6) is -1.59. The van der Waals surface area contributed by atoms with Crippen LogP contribution in [-0.2, 0) is 15.0 Å². The summed E-state index contributed by atoms with van der Waals surface area (Å²) < 4.78 is 0. The summed E-state index contributed by atoms with van der Waals surface area (Å²) in [6.07, 6.45) is 1.98. The molecule has 1 aliphatic heterocycles. The standard InChI is InChI=1S/C37H28N2O2/c1-22-18-19-30(23(2)20-22)38-21-37-28-15-7-5-13-26(28)32(27-14-6-8-16-29(27)37)33-34(37)36(41)39(35(33)40)31-17-9-11-24-10-3-4-12-25(24)31/h3-21,32-34H,1-2H3/t32?,33-,34+,37?/m1/s1. The van der Waals surface area contributed by atoms with Gasteiger partial charge < -0.3 is 0 Å². The van der Waals surface area contributed by atoms with Gasteiger partial charge in [-0.1, -0.05) is 103 Å². The van der Waals surface area contributed by atoms with Gasteiger partial charge in [-0.15, -0.1) is 0 Å². The molecule has 198 valence electrons. The molecular formula is C37H28N2O2. The van der Waals surface area contributed by atoms with Crippen molar-refractivity contribution in [2.45, 2.75) is 25.2 Å². The fourth-order valence-corrected chi connectivity index (χ4v) is 7.81. The quantitative estimate of drug-likeness (QED) is 0.179. The number of hydrogen-bond acceptors (Lipinski definition) is 3. The third-order valence-corrected chi connectivity index (χ3v) is 9.45. The maximum atomic E-state index is 14.8. The van der Waals surface area contributed by atoms with Crippen molar-refractivity contribution in [3.8, 4) is 0 Å². The third-order valence-electron chi connectivity index (χ3n) is 9.45. The van der Waals surface area contributed by atoms with Gasteiger partial charge in [-0.05, 0) is 59.2 Å². The fraction of sp³-hybridized carbons (Fsp3) is 0.162. The number of nitrogens with zero attached hydrogens (tertiary/aromatic N) is 2. The molecule has 0 saturated carbocycles. The van der Waals surface area contributed by atoms with Crippen LogP contribution in [0.25, 0.3) is 10.8 Å². The second kappa shape index (κ2) is 8.58. The Hall–Kier alpha value is -4.83. The average molecular weight is 533 g/mol. The number of hydrogen-bond donors (Lipinski definition) is 0. The van der Waals surface area contributed by atoms with Crippen LogP contribution < -0.4 is 4.90 Å². The van der Waals surface area contributed by atoms with E-state index in [1.165, 1.54) is 10.5 Å². The van der Waals surface area contributed by atoms with Crippen molar-refractivity contribution in [3.63, 3.8) is 0 Å². The van der Waals surface area contributed by atoms with Crippen LogP contribution in [0.2, 0.25) is 0 Å². The molecule has 1 heterocycles. The fourth-order valence-electron chi connectivity index (χ4n) is 7.81. The monoisotopic (exact) mass is 532 g/mol. The Bertz CT molecular complexity index is 1900. The zero-order valence-electron chi connectivity index (χ0n) is 22.9. The maximum absolute atomic E-state index is 14.8. The lowest BCUT2D eigenvalue weighted by molar-refractivity contribution is -0.122. The number of carbonyl (C=O) groups is 2. The number of imide groups is 1. The van der Waals surface area contributed by atoms with E-state index in [-0.39, 0.29) is 17.7 Å². The molecule has 5 aromatic carbocycles. The number of aliphatic imine (C=N–C) groups is 1. The molecular weight excluding hydrogens is 504 g/mol. The van der Waals surface area contributed by atoms with Crippen molar-refractivity contribution in [1.82, 2.24) is 0 Å². The van der Waals surface area contributed by atoms with Crippen molar-refractivity contribution >= 4 is 40.2 Å². The van der Waals surface area contributed by atoms with E-state index < -0.39 is 17.3 Å². The Morgan fingerprint density at radius 3 is 2.12 bits per heavy atom. The smallest absolute Gasteiger partial charge is 0.239 e. The highest BCUT2D eigenvalue weighted by Crippen LogP contribution is 2.64. The highest BCUT2D eigenvalue weighted by molar-refractivity contribution is 6.27. The van der Waals surface area contributed by atoms with E-state index in [2.05, 4.69) is 50.2 Å². The van der Waals surface area contributed by atoms with Gasteiger partial charge in [0, 0.05) is 17.5 Å². The Kier molecular flexibility index (Phi) is 5.03. The molecule has 2 amide bonds. The predicted octanol–water partition coefficient (Wildman–Crippen LogP) is 7.41. The molecule has 5 aromatic rings. The van der Waals surface area contributed by atoms with E-state index in [0.29, 0.717) is 5.69 Å². The lowest BCUT2D eigenvalue weighted by atomic mass is 9.47. The molecule has 0 spiro atoms. The molecule has 3 aliphatic carbocycles. The van der Waals surface area contributed by atoms with Gasteiger partial charge in [0.15, 0.2) is 0 Å². The average Bonchev–Trinajstić information content (AvgIpc) is 3.27. The Morgan fingerprint density at radius 2 is 1.39 bits per heavy atom. The van der Waals surface area contributed by atoms with Crippen molar-refractivity contribution in [1.29, 1.82) is 0 Å². The Balaban J connectivity index is 1.40. The van der Waals surface area contributed by atoms with Gasteiger partial charge in [-0.25, -0.2) is 4.90 Å². The van der Waals surface area contributed by atoms with Gasteiger partial charge in [-0.2, -0.15) is 0 Å². The van der Waals surface area contributed by atoms with Gasteiger partial charge in [0.25, 0.3) is 0 Å². The van der Waals surface area contributed by atoms with Gasteiger partial charge in [0.1, 0.15) is 0 Å². The van der Waals surface area contributed by atoms with Crippen LogP contribution in [0.3, 0.4) is 0 Å². The zero-order valence-corrected chi connectivity index (χ0v) is 22.9. The summed E-state index contributed by atoms with van der Waals surface area (Å²) in [6, 6.07) is 36.7. The molecule has 0 radical (unpaired) electrons. The van der Waals surface area contributed by atoms with Crippen LogP contribution in [0.15, 0.2) is 114 Å². The minimum absolute atomic E-state index is 0.130. The van der Waals surface area contributed by atoms with Gasteiger partial charge in [0.05, 0.1) is 28.6 Å². The summed E-state index contributed by atoms with van der Waals surface area (Å²) in [7, 11) is 0. The van der Waals surface area contributed by atoms with E-state index in [1.807, 2.05) is 79.0 Å². The molecule has 2 atom stereocenters. The summed E-state index contributed by atoms with van der Waals surface area (Å²) in [5.41, 5.74) is 7.26. The molecule has 41 heavy (non-hydrogen) atoms. The van der Waals surface area contributed by atoms with Crippen LogP contribution in [0.4, 0.5) is 11.4 Å². The minimum atomic E-state index is -0.879. The largest absolute Gasteiger partial charge is 0.274 e. The van der Waals surface area contributed by atoms with Crippen molar-refractivity contribution in [2.75, 3.05) is 4.90 Å². The number of rotatable bonds is 3. The minimum Gasteiger partial charge on any atom is -0.274 e. The molecule has 2 bridgehead atoms. The molecule has 0 aromatic heterocycles. The number of fused-ring (bicyclic) bond motifs is 1. The van der Waals surface area contributed by atoms with Crippen LogP contribution in [0.5, 0.6) is 0 Å². The first kappa shape index (κ1) is 24.0. The number of anilines is 1. The van der Waals surface area contributed by atoms with Crippen molar-refractivity contribution in [3.05, 3.63) is 143 Å². The molecule has 1 saturated heterocycles. The zero-order chi connectivity index (χ0) is 27.9. The van der Waals surface area contributed by atoms with Crippen LogP contribution in [0, 0.1) is 25.7 Å². The molecule has 0 unspecified atom stereocenters. The lowest BCUT2D eigenvalue weighted by Crippen LogP contribution is -2.54. The topological polar surface area (TPSA) is 49.7 Å². The second-order valence-corrected chi connectivity index (χ2v) is 11.6. The molecule has 4 aliphatic rings. The number of aryl methyl sites for hydroxylation is 2. The van der Waals surface area contributed by atoms with Gasteiger partial charge >= 0.3 is 0 Å². The summed E-state index contributed by atoms with van der Waals surface area (Å²) in [4.78, 5) is 35.9. The second-order valence-electron chi connectivity index (χ2n) is 11.6. The van der Waals surface area contributed by atoms with Crippen LogP contribution in [0.1, 0.15) is 39.3 Å². The predicted molar refractivity (Wildman–Crippen MR) is 163 cm³/mol. The molecule has 1 fully saturated rings. The van der Waals surface area contributed by atoms with Gasteiger partial charge in [0.2, 0.25) is 11.8 Å².